The summed E-state index contributed by atoms with van der Waals surface area (Å²) in [4.78, 5) is 2.36. The van der Waals surface area contributed by atoms with Gasteiger partial charge < -0.3 is 9.47 Å². The Labute approximate surface area is 327 Å². The second kappa shape index (κ2) is 14.4. The van der Waals surface area contributed by atoms with Crippen LogP contribution in [0.15, 0.2) is 231 Å². The first-order chi connectivity index (χ1) is 27.8. The molecule has 0 radical (unpaired) electrons. The lowest BCUT2D eigenvalue weighted by molar-refractivity contribution is 1.18. The number of aromatic nitrogens is 1. The van der Waals surface area contributed by atoms with E-state index in [4.69, 9.17) is 0 Å². The summed E-state index contributed by atoms with van der Waals surface area (Å²) in [5.41, 5.74) is 16.4. The number of para-hydroxylation sites is 2. The van der Waals surface area contributed by atoms with Gasteiger partial charge in [-0.1, -0.05) is 170 Å². The van der Waals surface area contributed by atoms with Crippen LogP contribution < -0.4 is 4.90 Å². The Morgan fingerprint density at radius 3 is 1.39 bits per heavy atom. The molecule has 1 heterocycles. The minimum Gasteiger partial charge on any atom is -0.310 e. The van der Waals surface area contributed by atoms with E-state index in [-0.39, 0.29) is 0 Å². The third kappa shape index (κ3) is 6.04. The molecule has 10 aromatic rings. The van der Waals surface area contributed by atoms with E-state index in [1.54, 1.807) is 0 Å². The molecule has 1 aromatic heterocycles. The predicted molar refractivity (Wildman–Crippen MR) is 237 cm³/mol. The molecule has 0 N–H and O–H groups in total. The molecule has 56 heavy (non-hydrogen) atoms. The summed E-state index contributed by atoms with van der Waals surface area (Å²) in [6.45, 7) is 0. The van der Waals surface area contributed by atoms with Gasteiger partial charge in [0, 0.05) is 33.5 Å². The number of anilines is 3. The lowest BCUT2D eigenvalue weighted by atomic mass is 9.91. The Kier molecular flexibility index (Phi) is 8.55. The first-order valence-corrected chi connectivity index (χ1v) is 19.2. The number of nitrogens with zero attached hydrogens (tertiary/aromatic N) is 2. The van der Waals surface area contributed by atoms with Crippen molar-refractivity contribution in [2.75, 3.05) is 4.90 Å². The van der Waals surface area contributed by atoms with Crippen molar-refractivity contribution in [1.82, 2.24) is 4.57 Å². The fourth-order valence-corrected chi connectivity index (χ4v) is 8.20. The van der Waals surface area contributed by atoms with E-state index in [9.17, 15) is 0 Å². The zero-order valence-electron chi connectivity index (χ0n) is 30.8. The first-order valence-electron chi connectivity index (χ1n) is 19.2. The van der Waals surface area contributed by atoms with Gasteiger partial charge in [-0.25, -0.2) is 0 Å². The summed E-state index contributed by atoms with van der Waals surface area (Å²) in [6, 6.07) is 83.0. The zero-order valence-corrected chi connectivity index (χ0v) is 30.8. The molecule has 0 aliphatic heterocycles. The van der Waals surface area contributed by atoms with Crippen LogP contribution in [0.4, 0.5) is 17.1 Å². The van der Waals surface area contributed by atoms with Crippen LogP contribution in [-0.4, -0.2) is 4.57 Å². The molecule has 0 unspecified atom stereocenters. The summed E-state index contributed by atoms with van der Waals surface area (Å²) in [5.74, 6) is 0. The van der Waals surface area contributed by atoms with Crippen LogP contribution in [0.1, 0.15) is 0 Å². The average Bonchev–Trinajstić information content (AvgIpc) is 3.63. The maximum absolute atomic E-state index is 2.39. The fourth-order valence-electron chi connectivity index (χ4n) is 8.20. The lowest BCUT2D eigenvalue weighted by Crippen LogP contribution is -2.10. The minimum atomic E-state index is 1.09. The number of rotatable bonds is 8. The number of hydrogen-bond acceptors (Lipinski definition) is 1. The van der Waals surface area contributed by atoms with Crippen LogP contribution in [0.3, 0.4) is 0 Å². The van der Waals surface area contributed by atoms with Gasteiger partial charge in [0.2, 0.25) is 0 Å². The molecule has 0 aliphatic rings. The van der Waals surface area contributed by atoms with E-state index in [1.807, 2.05) is 0 Å². The topological polar surface area (TPSA) is 8.17 Å². The lowest BCUT2D eigenvalue weighted by Gasteiger charge is -2.26. The molecule has 0 spiro atoms. The Bertz CT molecular complexity index is 2840. The van der Waals surface area contributed by atoms with Crippen molar-refractivity contribution in [3.63, 3.8) is 0 Å². The Morgan fingerprint density at radius 1 is 0.286 bits per heavy atom. The summed E-state index contributed by atoms with van der Waals surface area (Å²) in [6.07, 6.45) is 0. The molecule has 0 aliphatic carbocycles. The van der Waals surface area contributed by atoms with Crippen molar-refractivity contribution < 1.29 is 0 Å². The predicted octanol–water partition coefficient (Wildman–Crippen LogP) is 14.9. The van der Waals surface area contributed by atoms with Crippen LogP contribution in [0.5, 0.6) is 0 Å². The molecule has 0 saturated heterocycles. The number of fused-ring (bicyclic) bond motifs is 3. The van der Waals surface area contributed by atoms with Gasteiger partial charge in [-0.05, 0) is 105 Å². The maximum atomic E-state index is 2.39. The average molecular weight is 715 g/mol. The van der Waals surface area contributed by atoms with Gasteiger partial charge in [-0.3, -0.25) is 0 Å². The third-order valence-corrected chi connectivity index (χ3v) is 10.8. The monoisotopic (exact) mass is 714 g/mol. The van der Waals surface area contributed by atoms with Crippen LogP contribution in [-0.2, 0) is 0 Å². The second-order valence-corrected chi connectivity index (χ2v) is 14.1. The molecular formula is C54H38N2. The third-order valence-electron chi connectivity index (χ3n) is 10.8. The Hall–Kier alpha value is -7.42. The van der Waals surface area contributed by atoms with Crippen molar-refractivity contribution in [2.45, 2.75) is 0 Å². The van der Waals surface area contributed by atoms with E-state index in [0.717, 1.165) is 28.3 Å². The van der Waals surface area contributed by atoms with Gasteiger partial charge in [0.05, 0.1) is 11.0 Å². The van der Waals surface area contributed by atoms with E-state index in [1.165, 1.54) is 60.8 Å². The molecular weight excluding hydrogens is 677 g/mol. The van der Waals surface area contributed by atoms with Crippen LogP contribution in [0.25, 0.3) is 72.0 Å². The standard InChI is InChI=1S/C54H38N2/c1-4-16-39(17-5-1)41-30-34-45(35-31-41)55(46-36-32-42(33-37-46)40-18-6-2-7-19-40)47-23-14-20-43(38-47)48-24-10-11-25-49(48)50-27-15-29-53-54(50)51-26-12-13-28-52(51)56(53)44-21-8-3-9-22-44/h1-38H. The zero-order chi connectivity index (χ0) is 37.3. The van der Waals surface area contributed by atoms with Gasteiger partial charge in [0.25, 0.3) is 0 Å². The molecule has 0 bridgehead atoms. The van der Waals surface area contributed by atoms with Crippen molar-refractivity contribution in [1.29, 1.82) is 0 Å². The summed E-state index contributed by atoms with van der Waals surface area (Å²) in [5, 5.41) is 2.50. The highest BCUT2D eigenvalue weighted by Crippen LogP contribution is 2.43. The fraction of sp³-hybridized carbons (Fsp3) is 0. The van der Waals surface area contributed by atoms with Crippen molar-refractivity contribution in [2.24, 2.45) is 0 Å². The quantitative estimate of drug-likeness (QED) is 0.152. The van der Waals surface area contributed by atoms with Gasteiger partial charge in [0.1, 0.15) is 0 Å². The smallest absolute Gasteiger partial charge is 0.0547 e. The van der Waals surface area contributed by atoms with Crippen molar-refractivity contribution >= 4 is 38.9 Å². The molecule has 2 nitrogen and oxygen atoms in total. The molecule has 2 heteroatoms. The highest BCUT2D eigenvalue weighted by molar-refractivity contribution is 6.16. The molecule has 10 rings (SSSR count). The molecule has 9 aromatic carbocycles. The van der Waals surface area contributed by atoms with Gasteiger partial charge in [-0.2, -0.15) is 0 Å². The van der Waals surface area contributed by atoms with Crippen LogP contribution >= 0.6 is 0 Å². The maximum Gasteiger partial charge on any atom is 0.0547 e. The Morgan fingerprint density at radius 2 is 0.750 bits per heavy atom. The van der Waals surface area contributed by atoms with Crippen molar-refractivity contribution in [3.05, 3.63) is 231 Å². The van der Waals surface area contributed by atoms with Crippen molar-refractivity contribution in [3.8, 4) is 50.2 Å². The van der Waals surface area contributed by atoms with Crippen LogP contribution in [0.2, 0.25) is 0 Å². The molecule has 0 atom stereocenters. The molecule has 264 valence electrons. The van der Waals surface area contributed by atoms with Gasteiger partial charge in [0.15, 0.2) is 0 Å². The Balaban J connectivity index is 1.11. The summed E-state index contributed by atoms with van der Waals surface area (Å²) >= 11 is 0. The summed E-state index contributed by atoms with van der Waals surface area (Å²) in [7, 11) is 0. The normalized spacial score (nSPS) is 11.2. The van der Waals surface area contributed by atoms with Gasteiger partial charge in [-0.15, -0.1) is 0 Å². The first kappa shape index (κ1) is 33.2. The molecule has 0 saturated carbocycles. The van der Waals surface area contributed by atoms with E-state index in [2.05, 4.69) is 240 Å². The second-order valence-electron chi connectivity index (χ2n) is 14.1. The van der Waals surface area contributed by atoms with Crippen LogP contribution in [0, 0.1) is 0 Å². The summed E-state index contributed by atoms with van der Waals surface area (Å²) < 4.78 is 2.39. The highest BCUT2D eigenvalue weighted by Gasteiger charge is 2.19. The highest BCUT2D eigenvalue weighted by atomic mass is 15.1. The molecule has 0 amide bonds. The number of benzene rings is 9. The van der Waals surface area contributed by atoms with Gasteiger partial charge >= 0.3 is 0 Å². The largest absolute Gasteiger partial charge is 0.310 e. The van der Waals surface area contributed by atoms with E-state index in [0.29, 0.717) is 0 Å². The minimum absolute atomic E-state index is 1.09. The van der Waals surface area contributed by atoms with E-state index < -0.39 is 0 Å². The molecule has 0 fully saturated rings. The SMILES string of the molecule is c1ccc(-c2ccc(N(c3ccc(-c4ccccc4)cc3)c3cccc(-c4ccccc4-c4cccc5c4c4ccccc4n5-c4ccccc4)c3)cc2)cc1. The van der Waals surface area contributed by atoms with E-state index >= 15 is 0 Å². The number of hydrogen-bond donors (Lipinski definition) is 0.